The SMILES string of the molecule is COc1ccc(-c2cnn3c(SCC(=O)NCc4cccc(F)c4)cc(C)nc23)cc1. The van der Waals surface area contributed by atoms with E-state index in [1.165, 1.54) is 23.9 Å². The summed E-state index contributed by atoms with van der Waals surface area (Å²) in [7, 11) is 1.63. The summed E-state index contributed by atoms with van der Waals surface area (Å²) in [5.74, 6) is 0.539. The van der Waals surface area contributed by atoms with Crippen LogP contribution in [-0.2, 0) is 11.3 Å². The van der Waals surface area contributed by atoms with E-state index in [0.29, 0.717) is 0 Å². The van der Waals surface area contributed by atoms with Crippen molar-refractivity contribution >= 4 is 23.3 Å². The van der Waals surface area contributed by atoms with E-state index in [1.807, 2.05) is 37.3 Å². The Balaban J connectivity index is 1.48. The lowest BCUT2D eigenvalue weighted by atomic mass is 10.1. The lowest BCUT2D eigenvalue weighted by Gasteiger charge is -2.08. The average Bonchev–Trinajstić information content (AvgIpc) is 3.20. The summed E-state index contributed by atoms with van der Waals surface area (Å²) in [4.78, 5) is 16.9. The fraction of sp³-hybridized carbons (Fsp3) is 0.174. The predicted octanol–water partition coefficient (Wildman–Crippen LogP) is 4.26. The fourth-order valence-electron chi connectivity index (χ4n) is 3.17. The summed E-state index contributed by atoms with van der Waals surface area (Å²) < 4.78 is 20.2. The maximum Gasteiger partial charge on any atom is 0.230 e. The van der Waals surface area contributed by atoms with Gasteiger partial charge in [-0.3, -0.25) is 4.79 Å². The van der Waals surface area contributed by atoms with Crippen molar-refractivity contribution in [3.63, 3.8) is 0 Å². The quantitative estimate of drug-likeness (QED) is 0.346. The highest BCUT2D eigenvalue weighted by molar-refractivity contribution is 7.99. The van der Waals surface area contributed by atoms with Crippen molar-refractivity contribution < 1.29 is 13.9 Å². The molecule has 0 fully saturated rings. The van der Waals surface area contributed by atoms with E-state index in [0.717, 1.165) is 38.8 Å². The second-order valence-electron chi connectivity index (χ2n) is 6.95. The number of hydrogen-bond acceptors (Lipinski definition) is 5. The van der Waals surface area contributed by atoms with Gasteiger partial charge >= 0.3 is 0 Å². The van der Waals surface area contributed by atoms with Crippen LogP contribution in [0.15, 0.2) is 65.8 Å². The number of amides is 1. The lowest BCUT2D eigenvalue weighted by Crippen LogP contribution is -2.24. The predicted molar refractivity (Wildman–Crippen MR) is 119 cm³/mol. The van der Waals surface area contributed by atoms with Gasteiger partial charge in [-0.2, -0.15) is 5.10 Å². The first-order valence-electron chi connectivity index (χ1n) is 9.67. The van der Waals surface area contributed by atoms with Crippen LogP contribution in [0.3, 0.4) is 0 Å². The number of rotatable bonds is 7. The molecule has 2 aromatic carbocycles. The molecular weight excluding hydrogens is 415 g/mol. The van der Waals surface area contributed by atoms with Crippen molar-refractivity contribution in [3.05, 3.63) is 77.9 Å². The number of carbonyl (C=O) groups is 1. The molecule has 31 heavy (non-hydrogen) atoms. The van der Waals surface area contributed by atoms with Crippen LogP contribution in [0.2, 0.25) is 0 Å². The third-order valence-electron chi connectivity index (χ3n) is 4.70. The van der Waals surface area contributed by atoms with Gasteiger partial charge in [0.1, 0.15) is 16.6 Å². The Kier molecular flexibility index (Phi) is 6.18. The van der Waals surface area contributed by atoms with Gasteiger partial charge in [-0.15, -0.1) is 0 Å². The molecule has 0 aliphatic carbocycles. The van der Waals surface area contributed by atoms with Crippen molar-refractivity contribution in [2.45, 2.75) is 18.5 Å². The van der Waals surface area contributed by atoms with Crippen LogP contribution in [0.4, 0.5) is 4.39 Å². The minimum Gasteiger partial charge on any atom is -0.497 e. The highest BCUT2D eigenvalue weighted by atomic mass is 32.2. The Morgan fingerprint density at radius 1 is 1.19 bits per heavy atom. The van der Waals surface area contributed by atoms with Gasteiger partial charge in [0, 0.05) is 17.8 Å². The standard InChI is InChI=1S/C23H21FN4O2S/c1-15-10-22(31-14-21(29)25-12-16-4-3-5-18(24)11-16)28-23(27-15)20(13-26-28)17-6-8-19(30-2)9-7-17/h3-11,13H,12,14H2,1-2H3,(H,25,29). The molecule has 2 heterocycles. The second-order valence-corrected chi connectivity index (χ2v) is 7.95. The molecule has 4 aromatic rings. The molecule has 0 saturated carbocycles. The van der Waals surface area contributed by atoms with E-state index in [9.17, 15) is 9.18 Å². The van der Waals surface area contributed by atoms with E-state index in [1.54, 1.807) is 30.0 Å². The minimum atomic E-state index is -0.317. The van der Waals surface area contributed by atoms with Crippen molar-refractivity contribution in [3.8, 4) is 16.9 Å². The van der Waals surface area contributed by atoms with Crippen molar-refractivity contribution in [1.29, 1.82) is 0 Å². The number of thioether (sulfide) groups is 1. The number of aromatic nitrogens is 3. The molecule has 0 aliphatic heterocycles. The second kappa shape index (κ2) is 9.18. The van der Waals surface area contributed by atoms with E-state index < -0.39 is 0 Å². The van der Waals surface area contributed by atoms with Crippen LogP contribution in [0, 0.1) is 12.7 Å². The molecule has 0 spiro atoms. The molecule has 2 aromatic heterocycles. The molecule has 1 amide bonds. The number of aryl methyl sites for hydroxylation is 1. The summed E-state index contributed by atoms with van der Waals surface area (Å²) >= 11 is 1.38. The Labute approximate surface area is 183 Å². The number of benzene rings is 2. The van der Waals surface area contributed by atoms with E-state index in [-0.39, 0.29) is 24.0 Å². The maximum atomic E-state index is 13.3. The molecule has 0 bridgehead atoms. The first-order chi connectivity index (χ1) is 15.0. The van der Waals surface area contributed by atoms with Crippen LogP contribution >= 0.6 is 11.8 Å². The maximum absolute atomic E-state index is 13.3. The number of nitrogens with one attached hydrogen (secondary N) is 1. The van der Waals surface area contributed by atoms with Gasteiger partial charge in [0.2, 0.25) is 5.91 Å². The van der Waals surface area contributed by atoms with Crippen molar-refractivity contribution in [2.75, 3.05) is 12.9 Å². The smallest absolute Gasteiger partial charge is 0.230 e. The number of nitrogens with zero attached hydrogens (tertiary/aromatic N) is 3. The zero-order valence-electron chi connectivity index (χ0n) is 17.1. The molecule has 0 aliphatic rings. The molecule has 4 rings (SSSR count). The van der Waals surface area contributed by atoms with Gasteiger partial charge in [0.15, 0.2) is 5.65 Å². The molecule has 0 radical (unpaired) electrons. The summed E-state index contributed by atoms with van der Waals surface area (Å²) in [6.07, 6.45) is 1.78. The first-order valence-corrected chi connectivity index (χ1v) is 10.7. The third-order valence-corrected chi connectivity index (χ3v) is 5.69. The Hall–Kier alpha value is -3.39. The number of ether oxygens (including phenoxy) is 1. The molecular formula is C23H21FN4O2S. The van der Waals surface area contributed by atoms with Crippen LogP contribution in [-0.4, -0.2) is 33.4 Å². The van der Waals surface area contributed by atoms with Gasteiger partial charge in [0.05, 0.1) is 19.1 Å². The number of hydrogen-bond donors (Lipinski definition) is 1. The Bertz CT molecular complexity index is 1220. The van der Waals surface area contributed by atoms with E-state index in [2.05, 4.69) is 15.4 Å². The normalized spacial score (nSPS) is 10.9. The van der Waals surface area contributed by atoms with E-state index in [4.69, 9.17) is 4.74 Å². The molecule has 0 unspecified atom stereocenters. The number of fused-ring (bicyclic) bond motifs is 1. The van der Waals surface area contributed by atoms with Gasteiger partial charge < -0.3 is 10.1 Å². The number of halogens is 1. The summed E-state index contributed by atoms with van der Waals surface area (Å²) in [5, 5.41) is 8.13. The minimum absolute atomic E-state index is 0.139. The van der Waals surface area contributed by atoms with Gasteiger partial charge in [-0.25, -0.2) is 13.9 Å². The van der Waals surface area contributed by atoms with Gasteiger partial charge in [-0.1, -0.05) is 36.0 Å². The largest absolute Gasteiger partial charge is 0.497 e. The van der Waals surface area contributed by atoms with E-state index >= 15 is 0 Å². The average molecular weight is 437 g/mol. The van der Waals surface area contributed by atoms with Crippen molar-refractivity contribution in [2.24, 2.45) is 0 Å². The first kappa shape index (κ1) is 20.9. The third kappa shape index (κ3) is 4.86. The fourth-order valence-corrected chi connectivity index (χ4v) is 4.06. The van der Waals surface area contributed by atoms with Crippen LogP contribution in [0.5, 0.6) is 5.75 Å². The summed E-state index contributed by atoms with van der Waals surface area (Å²) in [6.45, 7) is 2.20. The van der Waals surface area contributed by atoms with Crippen LogP contribution in [0.1, 0.15) is 11.3 Å². The zero-order valence-corrected chi connectivity index (χ0v) is 17.9. The lowest BCUT2D eigenvalue weighted by molar-refractivity contribution is -0.118. The van der Waals surface area contributed by atoms with Gasteiger partial charge in [-0.05, 0) is 48.4 Å². The highest BCUT2D eigenvalue weighted by Gasteiger charge is 2.14. The Morgan fingerprint density at radius 2 is 2.00 bits per heavy atom. The monoisotopic (exact) mass is 436 g/mol. The molecule has 158 valence electrons. The molecule has 8 heteroatoms. The Morgan fingerprint density at radius 3 is 2.74 bits per heavy atom. The number of methoxy groups -OCH3 is 1. The van der Waals surface area contributed by atoms with Crippen LogP contribution in [0.25, 0.3) is 16.8 Å². The molecule has 0 atom stereocenters. The topological polar surface area (TPSA) is 68.5 Å². The molecule has 1 N–H and O–H groups in total. The summed E-state index contributed by atoms with van der Waals surface area (Å²) in [5.41, 5.74) is 4.18. The molecule has 6 nitrogen and oxygen atoms in total. The molecule has 0 saturated heterocycles. The highest BCUT2D eigenvalue weighted by Crippen LogP contribution is 2.28. The van der Waals surface area contributed by atoms with Gasteiger partial charge in [0.25, 0.3) is 0 Å². The summed E-state index contributed by atoms with van der Waals surface area (Å²) in [6, 6.07) is 15.8. The van der Waals surface area contributed by atoms with Crippen molar-refractivity contribution in [1.82, 2.24) is 19.9 Å². The zero-order chi connectivity index (χ0) is 21.8. The van der Waals surface area contributed by atoms with Crippen LogP contribution < -0.4 is 10.1 Å². The number of carbonyl (C=O) groups excluding carboxylic acids is 1.